The van der Waals surface area contributed by atoms with Gasteiger partial charge in [-0.2, -0.15) is 0 Å². The van der Waals surface area contributed by atoms with Crippen LogP contribution in [0.5, 0.6) is 0 Å². The second kappa shape index (κ2) is 5.16. The summed E-state index contributed by atoms with van der Waals surface area (Å²) < 4.78 is 3.59. The van der Waals surface area contributed by atoms with E-state index in [0.717, 1.165) is 10.8 Å². The summed E-state index contributed by atoms with van der Waals surface area (Å²) in [5.74, 6) is 0.0673. The quantitative estimate of drug-likeness (QED) is 0.760. The van der Waals surface area contributed by atoms with E-state index in [1.165, 1.54) is 23.3 Å². The van der Waals surface area contributed by atoms with Crippen molar-refractivity contribution in [1.82, 2.24) is 9.71 Å². The number of amides is 1. The van der Waals surface area contributed by atoms with Crippen molar-refractivity contribution in [3.8, 4) is 0 Å². The molecule has 3 nitrogen and oxygen atoms in total. The molecule has 0 aliphatic heterocycles. The molecule has 1 rings (SSSR count). The van der Waals surface area contributed by atoms with Gasteiger partial charge in [-0.15, -0.1) is 11.3 Å². The average Bonchev–Trinajstić information content (AvgIpc) is 2.53. The predicted molar refractivity (Wildman–Crippen MR) is 51.0 cm³/mol. The number of nitrogens with zero attached hydrogens (tertiary/aromatic N) is 1. The summed E-state index contributed by atoms with van der Waals surface area (Å²) in [5.41, 5.74) is 0. The van der Waals surface area contributed by atoms with E-state index >= 15 is 0 Å². The van der Waals surface area contributed by atoms with Crippen LogP contribution >= 0.6 is 23.3 Å². The first-order chi connectivity index (χ1) is 5.83. The number of hydrogen-bond acceptors (Lipinski definition) is 4. The molecule has 66 valence electrons. The minimum absolute atomic E-state index is 0.0673. The van der Waals surface area contributed by atoms with Crippen LogP contribution in [0.4, 0.5) is 0 Å². The van der Waals surface area contributed by atoms with Gasteiger partial charge in [-0.3, -0.25) is 9.52 Å². The lowest BCUT2D eigenvalue weighted by Gasteiger charge is -1.98. The van der Waals surface area contributed by atoms with Crippen molar-refractivity contribution in [2.24, 2.45) is 0 Å². The summed E-state index contributed by atoms with van der Waals surface area (Å²) in [6.45, 7) is 1.98. The molecule has 1 amide bonds. The molecule has 1 heterocycles. The van der Waals surface area contributed by atoms with Crippen LogP contribution in [0.15, 0.2) is 15.9 Å². The largest absolute Gasteiger partial charge is 0.294 e. The lowest BCUT2D eigenvalue weighted by atomic mass is 10.3. The highest BCUT2D eigenvalue weighted by Crippen LogP contribution is 2.16. The second-order valence-corrected chi connectivity index (χ2v) is 4.12. The minimum Gasteiger partial charge on any atom is -0.294 e. The third kappa shape index (κ3) is 3.23. The summed E-state index contributed by atoms with van der Waals surface area (Å²) in [4.78, 5) is 15.0. The molecule has 0 unspecified atom stereocenters. The van der Waals surface area contributed by atoms with Crippen LogP contribution in [0.2, 0.25) is 0 Å². The van der Waals surface area contributed by atoms with Crippen molar-refractivity contribution in [2.75, 3.05) is 0 Å². The Kier molecular flexibility index (Phi) is 4.10. The van der Waals surface area contributed by atoms with E-state index in [4.69, 9.17) is 0 Å². The Labute approximate surface area is 79.7 Å². The molecule has 1 N–H and O–H groups in total. The molecule has 1 aromatic heterocycles. The molecule has 0 atom stereocenters. The molecular weight excluding hydrogens is 192 g/mol. The van der Waals surface area contributed by atoms with Crippen molar-refractivity contribution >= 4 is 29.2 Å². The van der Waals surface area contributed by atoms with Crippen molar-refractivity contribution in [1.29, 1.82) is 0 Å². The third-order valence-corrected chi connectivity index (χ3v) is 2.85. The fourth-order valence-corrected chi connectivity index (χ4v) is 1.90. The first-order valence-electron chi connectivity index (χ1n) is 3.68. The van der Waals surface area contributed by atoms with Gasteiger partial charge in [0.15, 0.2) is 4.34 Å². The SMILES string of the molecule is CCCC(=O)NSc1nccs1. The Morgan fingerprint density at radius 1 is 1.83 bits per heavy atom. The zero-order valence-corrected chi connectivity index (χ0v) is 8.37. The van der Waals surface area contributed by atoms with Crippen molar-refractivity contribution in [2.45, 2.75) is 24.1 Å². The lowest BCUT2D eigenvalue weighted by molar-refractivity contribution is -0.119. The van der Waals surface area contributed by atoms with Crippen LogP contribution < -0.4 is 4.72 Å². The summed E-state index contributed by atoms with van der Waals surface area (Å²) >= 11 is 2.80. The Hall–Kier alpha value is -0.550. The van der Waals surface area contributed by atoms with Gasteiger partial charge in [0.25, 0.3) is 0 Å². The third-order valence-electron chi connectivity index (χ3n) is 1.14. The summed E-state index contributed by atoms with van der Waals surface area (Å²) in [6.07, 6.45) is 3.18. The van der Waals surface area contributed by atoms with E-state index in [1.54, 1.807) is 6.20 Å². The number of thiazole rings is 1. The molecule has 0 aromatic carbocycles. The lowest BCUT2D eigenvalue weighted by Crippen LogP contribution is -2.14. The van der Waals surface area contributed by atoms with Gasteiger partial charge in [0, 0.05) is 29.9 Å². The summed E-state index contributed by atoms with van der Waals surface area (Å²) in [7, 11) is 0. The van der Waals surface area contributed by atoms with Gasteiger partial charge in [0.1, 0.15) is 0 Å². The molecule has 5 heteroatoms. The highest BCUT2D eigenvalue weighted by atomic mass is 32.2. The fourth-order valence-electron chi connectivity index (χ4n) is 0.639. The van der Waals surface area contributed by atoms with E-state index in [0.29, 0.717) is 6.42 Å². The van der Waals surface area contributed by atoms with E-state index < -0.39 is 0 Å². The average molecular weight is 202 g/mol. The van der Waals surface area contributed by atoms with Crippen LogP contribution in [0.1, 0.15) is 19.8 Å². The van der Waals surface area contributed by atoms with Crippen molar-refractivity contribution < 1.29 is 4.79 Å². The molecule has 12 heavy (non-hydrogen) atoms. The maximum absolute atomic E-state index is 11.0. The molecule has 0 saturated heterocycles. The Morgan fingerprint density at radius 2 is 2.67 bits per heavy atom. The van der Waals surface area contributed by atoms with Crippen LogP contribution in [0, 0.1) is 0 Å². The van der Waals surface area contributed by atoms with Crippen LogP contribution in [0.3, 0.4) is 0 Å². The maximum atomic E-state index is 11.0. The minimum atomic E-state index is 0.0673. The van der Waals surface area contributed by atoms with Gasteiger partial charge >= 0.3 is 0 Å². The first kappa shape index (κ1) is 9.54. The number of nitrogens with one attached hydrogen (secondary N) is 1. The number of aromatic nitrogens is 1. The summed E-state index contributed by atoms with van der Waals surface area (Å²) in [5, 5.41) is 1.88. The van der Waals surface area contributed by atoms with Gasteiger partial charge in [-0.25, -0.2) is 4.98 Å². The van der Waals surface area contributed by atoms with E-state index in [2.05, 4.69) is 9.71 Å². The van der Waals surface area contributed by atoms with Gasteiger partial charge in [0.05, 0.1) is 0 Å². The normalized spacial score (nSPS) is 9.75. The molecule has 1 aromatic rings. The highest BCUT2D eigenvalue weighted by Gasteiger charge is 2.00. The van der Waals surface area contributed by atoms with Crippen LogP contribution in [-0.4, -0.2) is 10.9 Å². The maximum Gasteiger partial charge on any atom is 0.230 e. The molecule has 0 spiro atoms. The van der Waals surface area contributed by atoms with Gasteiger partial charge < -0.3 is 0 Å². The Morgan fingerprint density at radius 3 is 3.25 bits per heavy atom. The number of rotatable bonds is 4. The van der Waals surface area contributed by atoms with Crippen LogP contribution in [-0.2, 0) is 4.79 Å². The predicted octanol–water partition coefficient (Wildman–Crippen LogP) is 2.07. The van der Waals surface area contributed by atoms with Gasteiger partial charge in [-0.05, 0) is 6.42 Å². The highest BCUT2D eigenvalue weighted by molar-refractivity contribution is 7.99. The Bertz CT molecular complexity index is 236. The van der Waals surface area contributed by atoms with E-state index in [9.17, 15) is 4.79 Å². The van der Waals surface area contributed by atoms with Crippen molar-refractivity contribution in [3.63, 3.8) is 0 Å². The Balaban J connectivity index is 2.22. The summed E-state index contributed by atoms with van der Waals surface area (Å²) in [6, 6.07) is 0. The zero-order chi connectivity index (χ0) is 8.81. The molecular formula is C7H10N2OS2. The molecule has 0 radical (unpaired) electrons. The van der Waals surface area contributed by atoms with Crippen LogP contribution in [0.25, 0.3) is 0 Å². The standard InChI is InChI=1S/C7H10N2OS2/c1-2-3-6(10)9-12-7-8-4-5-11-7/h4-5H,2-3H2,1H3,(H,9,10). The number of hydrogen-bond donors (Lipinski definition) is 1. The van der Waals surface area contributed by atoms with Gasteiger partial charge in [-0.1, -0.05) is 6.92 Å². The first-order valence-corrected chi connectivity index (χ1v) is 5.37. The zero-order valence-electron chi connectivity index (χ0n) is 6.74. The number of carbonyl (C=O) groups excluding carboxylic acids is 1. The molecule has 0 bridgehead atoms. The molecule has 0 aliphatic rings. The molecule has 0 fully saturated rings. The van der Waals surface area contributed by atoms with E-state index in [-0.39, 0.29) is 5.91 Å². The number of carbonyl (C=O) groups is 1. The monoisotopic (exact) mass is 202 g/mol. The topological polar surface area (TPSA) is 42.0 Å². The van der Waals surface area contributed by atoms with Gasteiger partial charge in [0.2, 0.25) is 5.91 Å². The molecule has 0 aliphatic carbocycles. The smallest absolute Gasteiger partial charge is 0.230 e. The molecule has 0 saturated carbocycles. The fraction of sp³-hybridized carbons (Fsp3) is 0.429. The van der Waals surface area contributed by atoms with E-state index in [1.807, 2.05) is 12.3 Å². The van der Waals surface area contributed by atoms with Crippen molar-refractivity contribution in [3.05, 3.63) is 11.6 Å². The second-order valence-electron chi connectivity index (χ2n) is 2.18.